The number of para-hydroxylation sites is 1. The lowest BCUT2D eigenvalue weighted by atomic mass is 10.1. The van der Waals surface area contributed by atoms with E-state index < -0.39 is 10.9 Å². The summed E-state index contributed by atoms with van der Waals surface area (Å²) in [6, 6.07) is 18.5. The van der Waals surface area contributed by atoms with Gasteiger partial charge in [-0.2, -0.15) is 0 Å². The summed E-state index contributed by atoms with van der Waals surface area (Å²) in [5, 5.41) is 20.3. The number of nitro groups is 1. The number of carbonyl (C=O) groups is 1. The van der Waals surface area contributed by atoms with Crippen molar-refractivity contribution in [2.75, 3.05) is 14.2 Å². The molecule has 0 amide bonds. The summed E-state index contributed by atoms with van der Waals surface area (Å²) in [5.41, 5.74) is 1.78. The largest absolute Gasteiger partial charge is 0.493 e. The minimum atomic E-state index is -0.521. The second-order valence-corrected chi connectivity index (χ2v) is 7.02. The molecule has 1 aromatic heterocycles. The van der Waals surface area contributed by atoms with Crippen LogP contribution in [0.5, 0.6) is 17.2 Å². The number of tetrazole rings is 1. The van der Waals surface area contributed by atoms with Crippen molar-refractivity contribution < 1.29 is 28.7 Å². The fraction of sp³-hybridized carbons (Fsp3) is 0.130. The van der Waals surface area contributed by atoms with E-state index in [4.69, 9.17) is 14.2 Å². The Balaban J connectivity index is 1.88. The Morgan fingerprint density at radius 2 is 1.62 bits per heavy atom. The van der Waals surface area contributed by atoms with Crippen molar-refractivity contribution in [1.82, 2.24) is 15.0 Å². The first kappa shape index (κ1) is 22.4. The van der Waals surface area contributed by atoms with E-state index >= 15 is 0 Å². The highest BCUT2D eigenvalue weighted by atomic mass is 16.6. The lowest BCUT2D eigenvalue weighted by Gasteiger charge is -2.12. The number of non-ortho nitro benzene ring substituents is 1. The molecule has 172 valence electrons. The van der Waals surface area contributed by atoms with Gasteiger partial charge in [-0.25, -0.2) is 0 Å². The van der Waals surface area contributed by atoms with Gasteiger partial charge < -0.3 is 14.2 Å². The predicted molar refractivity (Wildman–Crippen MR) is 119 cm³/mol. The van der Waals surface area contributed by atoms with Gasteiger partial charge >= 0.3 is 11.8 Å². The Morgan fingerprint density at radius 3 is 2.15 bits per heavy atom. The van der Waals surface area contributed by atoms with E-state index in [1.54, 1.807) is 29.1 Å². The topological polar surface area (TPSA) is 122 Å². The van der Waals surface area contributed by atoms with Crippen molar-refractivity contribution in [1.29, 1.82) is 0 Å². The van der Waals surface area contributed by atoms with Crippen molar-refractivity contribution >= 4 is 11.7 Å². The number of hydrogen-bond donors (Lipinski definition) is 0. The zero-order valence-corrected chi connectivity index (χ0v) is 18.5. The quantitative estimate of drug-likeness (QED) is 0.135. The van der Waals surface area contributed by atoms with Crippen LogP contribution >= 0.6 is 0 Å². The number of benzene rings is 3. The molecule has 4 aromatic rings. The standard InChI is InChI=1S/C23H20N5O6/c1-15(29)34-22-20(32-2)13-16(14-21(22)33-3)23-24-26(17-7-5-4-6-8-17)27(25-23)18-9-11-19(12-10-18)28(30)31/h4-14H,1-3H3/q+1. The molecule has 3 aromatic carbocycles. The zero-order chi connectivity index (χ0) is 24.2. The third-order valence-corrected chi connectivity index (χ3v) is 4.80. The van der Waals surface area contributed by atoms with Crippen LogP contribution in [-0.2, 0) is 4.79 Å². The molecule has 34 heavy (non-hydrogen) atoms. The second kappa shape index (κ2) is 9.36. The third-order valence-electron chi connectivity index (χ3n) is 4.80. The Bertz CT molecular complexity index is 1330. The molecule has 4 rings (SSSR count). The number of nitro benzene ring substituents is 1. The molecule has 0 atom stereocenters. The Morgan fingerprint density at radius 1 is 1.00 bits per heavy atom. The highest BCUT2D eigenvalue weighted by molar-refractivity contribution is 5.74. The predicted octanol–water partition coefficient (Wildman–Crippen LogP) is 3.06. The van der Waals surface area contributed by atoms with Crippen LogP contribution in [0.15, 0.2) is 66.7 Å². The smallest absolute Gasteiger partial charge is 0.340 e. The first-order valence-corrected chi connectivity index (χ1v) is 10.1. The van der Waals surface area contributed by atoms with Gasteiger partial charge in [0.15, 0.2) is 17.2 Å². The van der Waals surface area contributed by atoms with Crippen molar-refractivity contribution in [3.05, 3.63) is 76.8 Å². The van der Waals surface area contributed by atoms with Crippen LogP contribution in [0.2, 0.25) is 0 Å². The number of nitrogens with zero attached hydrogens (tertiary/aromatic N) is 5. The van der Waals surface area contributed by atoms with Crippen LogP contribution in [0.1, 0.15) is 6.92 Å². The van der Waals surface area contributed by atoms with E-state index in [-0.39, 0.29) is 22.9 Å². The molecule has 0 N–H and O–H groups in total. The van der Waals surface area contributed by atoms with Gasteiger partial charge in [-0.15, -0.1) is 0 Å². The summed E-state index contributed by atoms with van der Waals surface area (Å²) >= 11 is 0. The second-order valence-electron chi connectivity index (χ2n) is 7.02. The number of ether oxygens (including phenoxy) is 3. The van der Waals surface area contributed by atoms with Crippen LogP contribution in [0, 0.1) is 10.1 Å². The number of methoxy groups -OCH3 is 2. The van der Waals surface area contributed by atoms with Crippen LogP contribution in [0.4, 0.5) is 5.69 Å². The summed E-state index contributed by atoms with van der Waals surface area (Å²) in [4.78, 5) is 25.2. The lowest BCUT2D eigenvalue weighted by molar-refractivity contribution is -0.734. The van der Waals surface area contributed by atoms with Gasteiger partial charge in [-0.1, -0.05) is 18.2 Å². The van der Waals surface area contributed by atoms with Crippen LogP contribution < -0.4 is 19.0 Å². The van der Waals surface area contributed by atoms with E-state index in [1.165, 1.54) is 38.1 Å². The highest BCUT2D eigenvalue weighted by Gasteiger charge is 2.27. The highest BCUT2D eigenvalue weighted by Crippen LogP contribution is 2.40. The summed E-state index contributed by atoms with van der Waals surface area (Å²) < 4.78 is 16.1. The van der Waals surface area contributed by atoms with Gasteiger partial charge in [-0.05, 0) is 46.3 Å². The Hall–Kier alpha value is -4.80. The molecule has 11 nitrogen and oxygen atoms in total. The molecule has 11 heteroatoms. The van der Waals surface area contributed by atoms with E-state index in [9.17, 15) is 14.9 Å². The third kappa shape index (κ3) is 4.39. The van der Waals surface area contributed by atoms with Gasteiger partial charge in [-0.3, -0.25) is 14.9 Å². The first-order valence-electron chi connectivity index (χ1n) is 10.1. The van der Waals surface area contributed by atoms with E-state index in [0.717, 1.165) is 5.69 Å². The molecule has 0 aliphatic rings. The summed E-state index contributed by atoms with van der Waals surface area (Å²) in [7, 11) is 2.89. The van der Waals surface area contributed by atoms with Crippen LogP contribution in [-0.4, -0.2) is 40.1 Å². The molecule has 0 radical (unpaired) electrons. The first-order chi connectivity index (χ1) is 16.4. The van der Waals surface area contributed by atoms with Crippen molar-refractivity contribution in [2.24, 2.45) is 0 Å². The normalized spacial score (nSPS) is 10.6. The molecule has 0 saturated heterocycles. The van der Waals surface area contributed by atoms with Gasteiger partial charge in [0.1, 0.15) is 5.69 Å². The Kier molecular flexibility index (Phi) is 6.17. The molecular weight excluding hydrogens is 442 g/mol. The van der Waals surface area contributed by atoms with Crippen molar-refractivity contribution in [3.63, 3.8) is 0 Å². The minimum absolute atomic E-state index is 0.0362. The lowest BCUT2D eigenvalue weighted by Crippen LogP contribution is -2.43. The van der Waals surface area contributed by atoms with Gasteiger partial charge in [0.05, 0.1) is 29.8 Å². The molecule has 1 heterocycles. The number of rotatable bonds is 7. The number of aromatic nitrogens is 4. The molecule has 0 spiro atoms. The number of hydrogen-bond acceptors (Lipinski definition) is 8. The molecule has 0 aliphatic heterocycles. The minimum Gasteiger partial charge on any atom is -0.493 e. The molecular formula is C23H20N5O6+. The van der Waals surface area contributed by atoms with Gasteiger partial charge in [0.25, 0.3) is 5.69 Å². The van der Waals surface area contributed by atoms with Gasteiger partial charge in [0, 0.05) is 23.9 Å². The van der Waals surface area contributed by atoms with E-state index in [0.29, 0.717) is 17.1 Å². The maximum Gasteiger partial charge on any atom is 0.340 e. The fourth-order valence-electron chi connectivity index (χ4n) is 3.26. The average Bonchev–Trinajstić information content (AvgIpc) is 3.30. The molecule has 0 fully saturated rings. The maximum atomic E-state index is 11.5. The zero-order valence-electron chi connectivity index (χ0n) is 18.5. The molecule has 0 unspecified atom stereocenters. The molecule has 0 bridgehead atoms. The molecule has 0 aliphatic carbocycles. The van der Waals surface area contributed by atoms with E-state index in [2.05, 4.69) is 10.2 Å². The summed E-state index contributed by atoms with van der Waals surface area (Å²) in [5.74, 6) is 0.469. The number of esters is 1. The number of carbonyl (C=O) groups excluding carboxylic acids is 1. The monoisotopic (exact) mass is 462 g/mol. The summed E-state index contributed by atoms with van der Waals surface area (Å²) in [6.45, 7) is 1.28. The van der Waals surface area contributed by atoms with Crippen molar-refractivity contribution in [2.45, 2.75) is 6.92 Å². The maximum absolute atomic E-state index is 11.5. The van der Waals surface area contributed by atoms with Crippen molar-refractivity contribution in [3.8, 4) is 40.0 Å². The van der Waals surface area contributed by atoms with E-state index in [1.807, 2.05) is 30.3 Å². The average molecular weight is 462 g/mol. The van der Waals surface area contributed by atoms with Crippen LogP contribution in [0.3, 0.4) is 0 Å². The Labute approximate surface area is 193 Å². The van der Waals surface area contributed by atoms with Gasteiger partial charge in [0.2, 0.25) is 5.75 Å². The fourth-order valence-corrected chi connectivity index (χ4v) is 3.26. The SMILES string of the molecule is COc1cc(-c2nn(-c3ccccc3)[n+](-c3ccc([N+](=O)[O-])cc3)n2)cc(OC)c1OC(C)=O. The molecule has 0 saturated carbocycles. The summed E-state index contributed by atoms with van der Waals surface area (Å²) in [6.07, 6.45) is 0. The van der Waals surface area contributed by atoms with Crippen LogP contribution in [0.25, 0.3) is 22.8 Å².